The first-order chi connectivity index (χ1) is 12.1. The highest BCUT2D eigenvalue weighted by Crippen LogP contribution is 2.22. The third-order valence-corrected chi connectivity index (χ3v) is 4.09. The van der Waals surface area contributed by atoms with Crippen molar-refractivity contribution in [3.8, 4) is 5.75 Å². The van der Waals surface area contributed by atoms with E-state index in [1.165, 1.54) is 0 Å². The number of para-hydroxylation sites is 1. The maximum absolute atomic E-state index is 11.8. The number of carbonyl (C=O) groups excluding carboxylic acids is 1. The summed E-state index contributed by atoms with van der Waals surface area (Å²) in [5.74, 6) is 0.938. The van der Waals surface area contributed by atoms with Gasteiger partial charge in [0.25, 0.3) is 0 Å². The first-order valence-electron chi connectivity index (χ1n) is 8.51. The molecule has 2 aromatic carbocycles. The number of benzene rings is 2. The maximum Gasteiger partial charge on any atom is 0.314 e. The van der Waals surface area contributed by atoms with E-state index in [0.717, 1.165) is 35.3 Å². The van der Waals surface area contributed by atoms with Crippen molar-refractivity contribution in [3.05, 3.63) is 64.2 Å². The first-order valence-corrected chi connectivity index (χ1v) is 8.89. The van der Waals surface area contributed by atoms with Crippen molar-refractivity contribution in [2.75, 3.05) is 19.7 Å². The number of hydrogen-bond acceptors (Lipinski definition) is 2. The second kappa shape index (κ2) is 9.94. The highest BCUT2D eigenvalue weighted by molar-refractivity contribution is 6.30. The predicted octanol–water partition coefficient (Wildman–Crippen LogP) is 4.27. The van der Waals surface area contributed by atoms with Crippen LogP contribution in [0.3, 0.4) is 0 Å². The van der Waals surface area contributed by atoms with Gasteiger partial charge >= 0.3 is 6.03 Å². The Morgan fingerprint density at radius 1 is 1.04 bits per heavy atom. The van der Waals surface area contributed by atoms with Gasteiger partial charge in [-0.05, 0) is 55.5 Å². The average Bonchev–Trinajstić information content (AvgIpc) is 2.57. The fraction of sp³-hybridized carbons (Fsp3) is 0.350. The molecule has 0 fully saturated rings. The van der Waals surface area contributed by atoms with Crippen molar-refractivity contribution >= 4 is 17.6 Å². The maximum atomic E-state index is 11.8. The van der Waals surface area contributed by atoms with E-state index in [4.69, 9.17) is 16.3 Å². The van der Waals surface area contributed by atoms with Crippen molar-refractivity contribution in [3.63, 3.8) is 0 Å². The second-order valence-corrected chi connectivity index (χ2v) is 6.42. The van der Waals surface area contributed by atoms with Crippen LogP contribution in [-0.4, -0.2) is 25.7 Å². The van der Waals surface area contributed by atoms with Crippen LogP contribution in [0.15, 0.2) is 42.5 Å². The van der Waals surface area contributed by atoms with Gasteiger partial charge in [0.15, 0.2) is 0 Å². The molecule has 5 heteroatoms. The molecule has 0 aliphatic heterocycles. The molecule has 0 spiro atoms. The van der Waals surface area contributed by atoms with E-state index >= 15 is 0 Å². The van der Waals surface area contributed by atoms with Crippen LogP contribution in [0.1, 0.15) is 23.1 Å². The fourth-order valence-electron chi connectivity index (χ4n) is 2.55. The molecule has 2 N–H and O–H groups in total. The van der Waals surface area contributed by atoms with Gasteiger partial charge in [-0.15, -0.1) is 0 Å². The largest absolute Gasteiger partial charge is 0.493 e. The summed E-state index contributed by atoms with van der Waals surface area (Å²) in [6.45, 7) is 5.80. The van der Waals surface area contributed by atoms with Crippen LogP contribution in [0.4, 0.5) is 4.79 Å². The van der Waals surface area contributed by atoms with Gasteiger partial charge in [0.05, 0.1) is 6.61 Å². The van der Waals surface area contributed by atoms with Crippen molar-refractivity contribution in [2.45, 2.75) is 26.7 Å². The molecule has 4 nitrogen and oxygen atoms in total. The van der Waals surface area contributed by atoms with Crippen LogP contribution < -0.4 is 15.4 Å². The lowest BCUT2D eigenvalue weighted by atomic mass is 10.1. The Hall–Kier alpha value is -2.20. The Bertz CT molecular complexity index is 684. The Kier molecular flexibility index (Phi) is 7.61. The lowest BCUT2D eigenvalue weighted by Gasteiger charge is -2.12. The number of halogens is 1. The molecule has 0 aliphatic rings. The Morgan fingerprint density at radius 2 is 1.72 bits per heavy atom. The normalized spacial score (nSPS) is 10.4. The molecule has 0 saturated heterocycles. The zero-order chi connectivity index (χ0) is 18.1. The summed E-state index contributed by atoms with van der Waals surface area (Å²) in [5, 5.41) is 6.40. The van der Waals surface area contributed by atoms with Crippen LogP contribution >= 0.6 is 11.6 Å². The van der Waals surface area contributed by atoms with Gasteiger partial charge in [-0.1, -0.05) is 41.9 Å². The second-order valence-electron chi connectivity index (χ2n) is 5.99. The quantitative estimate of drug-likeness (QED) is 0.691. The molecule has 0 heterocycles. The minimum atomic E-state index is -0.158. The molecule has 25 heavy (non-hydrogen) atoms. The molecule has 2 aromatic rings. The van der Waals surface area contributed by atoms with Gasteiger partial charge in [0.1, 0.15) is 5.75 Å². The molecule has 2 amide bonds. The van der Waals surface area contributed by atoms with E-state index in [0.29, 0.717) is 24.7 Å². The van der Waals surface area contributed by atoms with Crippen LogP contribution in [0.5, 0.6) is 5.75 Å². The average molecular weight is 361 g/mol. The third-order valence-electron chi connectivity index (χ3n) is 3.85. The number of amides is 2. The van der Waals surface area contributed by atoms with Gasteiger partial charge in [-0.25, -0.2) is 4.79 Å². The summed E-state index contributed by atoms with van der Waals surface area (Å²) >= 11 is 5.94. The van der Waals surface area contributed by atoms with Crippen molar-refractivity contribution in [1.29, 1.82) is 0 Å². The number of hydrogen-bond donors (Lipinski definition) is 2. The molecule has 0 radical (unpaired) electrons. The molecule has 0 bridgehead atoms. The summed E-state index contributed by atoms with van der Waals surface area (Å²) in [4.78, 5) is 11.8. The topological polar surface area (TPSA) is 50.4 Å². The molecule has 0 unspecified atom stereocenters. The summed E-state index contributed by atoms with van der Waals surface area (Å²) in [7, 11) is 0. The fourth-order valence-corrected chi connectivity index (χ4v) is 2.76. The highest BCUT2D eigenvalue weighted by atomic mass is 35.5. The van der Waals surface area contributed by atoms with E-state index < -0.39 is 0 Å². The third kappa shape index (κ3) is 6.67. The number of urea groups is 1. The van der Waals surface area contributed by atoms with Crippen molar-refractivity contribution in [1.82, 2.24) is 10.6 Å². The summed E-state index contributed by atoms with van der Waals surface area (Å²) in [6.07, 6.45) is 1.51. The Morgan fingerprint density at radius 3 is 2.44 bits per heavy atom. The zero-order valence-electron chi connectivity index (χ0n) is 14.8. The van der Waals surface area contributed by atoms with Gasteiger partial charge in [0, 0.05) is 18.1 Å². The molecule has 2 rings (SSSR count). The van der Waals surface area contributed by atoms with Gasteiger partial charge in [0.2, 0.25) is 0 Å². The molecular weight excluding hydrogens is 336 g/mol. The van der Waals surface area contributed by atoms with Gasteiger partial charge in [-0.2, -0.15) is 0 Å². The molecule has 0 aliphatic carbocycles. The number of aryl methyl sites for hydroxylation is 2. The molecule has 0 saturated carbocycles. The van der Waals surface area contributed by atoms with Crippen molar-refractivity contribution < 1.29 is 9.53 Å². The SMILES string of the molecule is Cc1cccc(C)c1OCCCNC(=O)NCCc1cccc(Cl)c1. The minimum Gasteiger partial charge on any atom is -0.493 e. The van der Waals surface area contributed by atoms with Crippen LogP contribution in [0, 0.1) is 13.8 Å². The summed E-state index contributed by atoms with van der Waals surface area (Å²) in [5.41, 5.74) is 3.37. The minimum absolute atomic E-state index is 0.158. The molecule has 0 atom stereocenters. The molecular formula is C20H25ClN2O2. The lowest BCUT2D eigenvalue weighted by Crippen LogP contribution is -2.37. The summed E-state index contributed by atoms with van der Waals surface area (Å²) in [6, 6.07) is 13.6. The van der Waals surface area contributed by atoms with E-state index in [-0.39, 0.29) is 6.03 Å². The first kappa shape index (κ1) is 19.1. The lowest BCUT2D eigenvalue weighted by molar-refractivity contribution is 0.239. The van der Waals surface area contributed by atoms with Gasteiger partial charge < -0.3 is 15.4 Å². The Balaban J connectivity index is 1.58. The van der Waals surface area contributed by atoms with Crippen LogP contribution in [0.25, 0.3) is 0 Å². The zero-order valence-corrected chi connectivity index (χ0v) is 15.5. The van der Waals surface area contributed by atoms with Crippen LogP contribution in [0.2, 0.25) is 5.02 Å². The predicted molar refractivity (Wildman–Crippen MR) is 103 cm³/mol. The molecule has 0 aromatic heterocycles. The number of nitrogens with one attached hydrogen (secondary N) is 2. The smallest absolute Gasteiger partial charge is 0.314 e. The van der Waals surface area contributed by atoms with E-state index in [1.54, 1.807) is 0 Å². The monoisotopic (exact) mass is 360 g/mol. The number of ether oxygens (including phenoxy) is 1. The number of carbonyl (C=O) groups is 1. The number of rotatable bonds is 8. The Labute approximate surface area is 154 Å². The van der Waals surface area contributed by atoms with E-state index in [1.807, 2.05) is 56.3 Å². The van der Waals surface area contributed by atoms with E-state index in [2.05, 4.69) is 10.6 Å². The molecule has 134 valence electrons. The summed E-state index contributed by atoms with van der Waals surface area (Å²) < 4.78 is 5.82. The van der Waals surface area contributed by atoms with Gasteiger partial charge in [-0.3, -0.25) is 0 Å². The van der Waals surface area contributed by atoms with Crippen molar-refractivity contribution in [2.24, 2.45) is 0 Å². The van der Waals surface area contributed by atoms with E-state index in [9.17, 15) is 4.79 Å². The standard InChI is InChI=1S/C20H25ClN2O2/c1-15-6-3-7-16(2)19(15)25-13-5-11-22-20(24)23-12-10-17-8-4-9-18(21)14-17/h3-4,6-9,14H,5,10-13H2,1-2H3,(H2,22,23,24). The highest BCUT2D eigenvalue weighted by Gasteiger charge is 2.03. The van der Waals surface area contributed by atoms with Crippen LogP contribution in [-0.2, 0) is 6.42 Å².